The number of rotatable bonds is 2. The molecule has 110 valence electrons. The molecular weight excluding hydrogens is 306 g/mol. The Bertz CT molecular complexity index is 908. The summed E-state index contributed by atoms with van der Waals surface area (Å²) in [5.74, 6) is 0. The number of benzene rings is 2. The van der Waals surface area contributed by atoms with Crippen LogP contribution in [0.1, 0.15) is 0 Å². The molecule has 1 heterocycles. The van der Waals surface area contributed by atoms with Crippen molar-refractivity contribution in [2.24, 2.45) is 0 Å². The Balaban J connectivity index is 1.81. The third-order valence-corrected chi connectivity index (χ3v) is 3.07. The normalized spacial score (nSPS) is 10.4. The number of urea groups is 1. The van der Waals surface area contributed by atoms with E-state index in [4.69, 9.17) is 16.0 Å². The van der Waals surface area contributed by atoms with Gasteiger partial charge in [0.2, 0.25) is 0 Å². The van der Waals surface area contributed by atoms with Crippen LogP contribution in [0.25, 0.3) is 11.0 Å². The molecule has 0 fully saturated rings. The molecule has 3 aromatic rings. The number of anilines is 2. The maximum Gasteiger partial charge on any atom is 0.327 e. The maximum absolute atomic E-state index is 11.9. The Kier molecular flexibility index (Phi) is 3.76. The Labute approximate surface area is 129 Å². The van der Waals surface area contributed by atoms with Crippen LogP contribution in [0.4, 0.5) is 16.5 Å². The molecule has 0 atom stereocenters. The monoisotopic (exact) mass is 315 g/mol. The molecule has 0 bridgehead atoms. The van der Waals surface area contributed by atoms with Crippen molar-refractivity contribution in [2.45, 2.75) is 0 Å². The van der Waals surface area contributed by atoms with Crippen LogP contribution >= 0.6 is 11.6 Å². The van der Waals surface area contributed by atoms with E-state index in [9.17, 15) is 9.59 Å². The summed E-state index contributed by atoms with van der Waals surface area (Å²) in [4.78, 5) is 27.4. The third kappa shape index (κ3) is 3.07. The highest BCUT2D eigenvalue weighted by molar-refractivity contribution is 6.30. The lowest BCUT2D eigenvalue weighted by Crippen LogP contribution is -2.22. The van der Waals surface area contributed by atoms with Crippen molar-refractivity contribution < 1.29 is 9.21 Å². The first-order valence-corrected chi connectivity index (χ1v) is 6.73. The molecule has 1 aromatic heterocycles. The minimum atomic E-state index is -0.590. The van der Waals surface area contributed by atoms with Gasteiger partial charge in [-0.05, 0) is 30.3 Å². The van der Waals surface area contributed by atoms with Crippen LogP contribution < -0.4 is 16.2 Å². The van der Waals surface area contributed by atoms with Crippen molar-refractivity contribution in [2.75, 3.05) is 10.6 Å². The van der Waals surface area contributed by atoms with Crippen LogP contribution in [0.3, 0.4) is 0 Å². The minimum absolute atomic E-state index is 0.178. The van der Waals surface area contributed by atoms with E-state index >= 15 is 0 Å². The van der Waals surface area contributed by atoms with Crippen LogP contribution in [0.2, 0.25) is 5.02 Å². The van der Waals surface area contributed by atoms with Gasteiger partial charge in [-0.2, -0.15) is 4.98 Å². The van der Waals surface area contributed by atoms with Gasteiger partial charge in [0, 0.05) is 10.7 Å². The summed E-state index contributed by atoms with van der Waals surface area (Å²) in [5.41, 5.74) is 0.383. The van der Waals surface area contributed by atoms with E-state index in [1.807, 2.05) is 0 Å². The van der Waals surface area contributed by atoms with E-state index in [0.717, 1.165) is 0 Å². The van der Waals surface area contributed by atoms with Gasteiger partial charge >= 0.3 is 12.0 Å². The van der Waals surface area contributed by atoms with Gasteiger partial charge < -0.3 is 9.73 Å². The van der Waals surface area contributed by atoms with Gasteiger partial charge in [-0.15, -0.1) is 0 Å². The second-order valence-electron chi connectivity index (χ2n) is 4.41. The predicted molar refractivity (Wildman–Crippen MR) is 84.4 cm³/mol. The molecule has 7 heteroatoms. The number of hydrogen-bond donors (Lipinski definition) is 2. The van der Waals surface area contributed by atoms with Gasteiger partial charge in [0.15, 0.2) is 0 Å². The molecule has 2 N–H and O–H groups in total. The molecule has 0 aliphatic carbocycles. The Morgan fingerprint density at radius 1 is 1.09 bits per heavy atom. The van der Waals surface area contributed by atoms with E-state index in [1.165, 1.54) is 0 Å². The SMILES string of the molecule is O=C(Nc1cccc(Cl)c1)Nc1nc(=O)c2ccccc2o1. The molecule has 0 spiro atoms. The predicted octanol–water partition coefficient (Wildman–Crippen LogP) is 3.49. The first-order valence-electron chi connectivity index (χ1n) is 6.35. The average molecular weight is 316 g/mol. The molecule has 3 rings (SSSR count). The van der Waals surface area contributed by atoms with Gasteiger partial charge in [-0.3, -0.25) is 10.1 Å². The fraction of sp³-hybridized carbons (Fsp3) is 0. The summed E-state index contributed by atoms with van der Waals surface area (Å²) < 4.78 is 5.37. The Morgan fingerprint density at radius 3 is 2.73 bits per heavy atom. The van der Waals surface area contributed by atoms with E-state index in [-0.39, 0.29) is 6.01 Å². The number of amides is 2. The number of carbonyl (C=O) groups excluding carboxylic acids is 1. The van der Waals surface area contributed by atoms with E-state index in [2.05, 4.69) is 15.6 Å². The smallest absolute Gasteiger partial charge is 0.327 e. The highest BCUT2D eigenvalue weighted by Crippen LogP contribution is 2.16. The molecule has 0 aliphatic heterocycles. The van der Waals surface area contributed by atoms with Crippen molar-refractivity contribution in [1.82, 2.24) is 4.98 Å². The van der Waals surface area contributed by atoms with Crippen molar-refractivity contribution in [3.63, 3.8) is 0 Å². The van der Waals surface area contributed by atoms with E-state index in [1.54, 1.807) is 48.5 Å². The summed E-state index contributed by atoms with van der Waals surface area (Å²) in [5, 5.41) is 5.78. The summed E-state index contributed by atoms with van der Waals surface area (Å²) in [6, 6.07) is 12.5. The number of fused-ring (bicyclic) bond motifs is 1. The third-order valence-electron chi connectivity index (χ3n) is 2.83. The largest absolute Gasteiger partial charge is 0.425 e. The molecule has 2 aromatic carbocycles. The fourth-order valence-corrected chi connectivity index (χ4v) is 2.08. The topological polar surface area (TPSA) is 84.2 Å². The number of carbonyl (C=O) groups is 1. The van der Waals surface area contributed by atoms with Crippen LogP contribution in [0.15, 0.2) is 57.7 Å². The number of hydrogen-bond acceptors (Lipinski definition) is 4. The lowest BCUT2D eigenvalue weighted by molar-refractivity contribution is 0.261. The lowest BCUT2D eigenvalue weighted by atomic mass is 10.2. The van der Waals surface area contributed by atoms with Crippen LogP contribution in [-0.4, -0.2) is 11.0 Å². The second kappa shape index (κ2) is 5.87. The number of aromatic nitrogens is 1. The van der Waals surface area contributed by atoms with Crippen molar-refractivity contribution in [1.29, 1.82) is 0 Å². The zero-order chi connectivity index (χ0) is 15.5. The maximum atomic E-state index is 11.9. The first-order chi connectivity index (χ1) is 10.6. The molecule has 0 aliphatic rings. The molecule has 0 radical (unpaired) electrons. The van der Waals surface area contributed by atoms with Gasteiger partial charge in [0.1, 0.15) is 5.58 Å². The standard InChI is InChI=1S/C15H10ClN3O3/c16-9-4-3-5-10(8-9)17-14(21)19-15-18-13(20)11-6-1-2-7-12(11)22-15/h1-8H,(H2,17,18,19,20,21). The zero-order valence-electron chi connectivity index (χ0n) is 11.2. The summed E-state index contributed by atoms with van der Waals surface area (Å²) in [7, 11) is 0. The first kappa shape index (κ1) is 14.1. The molecule has 22 heavy (non-hydrogen) atoms. The number of halogens is 1. The molecule has 0 saturated carbocycles. The minimum Gasteiger partial charge on any atom is -0.425 e. The van der Waals surface area contributed by atoms with Crippen molar-refractivity contribution >= 4 is 40.3 Å². The highest BCUT2D eigenvalue weighted by atomic mass is 35.5. The number of para-hydroxylation sites is 1. The van der Waals surface area contributed by atoms with E-state index in [0.29, 0.717) is 21.7 Å². The fourth-order valence-electron chi connectivity index (χ4n) is 1.89. The molecule has 2 amide bonds. The molecule has 0 unspecified atom stereocenters. The van der Waals surface area contributed by atoms with Gasteiger partial charge in [-0.1, -0.05) is 29.8 Å². The molecular formula is C15H10ClN3O3. The highest BCUT2D eigenvalue weighted by Gasteiger charge is 2.09. The van der Waals surface area contributed by atoms with Crippen molar-refractivity contribution in [3.05, 3.63) is 63.9 Å². The number of nitrogens with zero attached hydrogens (tertiary/aromatic N) is 1. The Hall–Kier alpha value is -2.86. The summed E-state index contributed by atoms with van der Waals surface area (Å²) >= 11 is 5.83. The van der Waals surface area contributed by atoms with E-state index < -0.39 is 11.6 Å². The lowest BCUT2D eigenvalue weighted by Gasteiger charge is -2.06. The quantitative estimate of drug-likeness (QED) is 0.758. The van der Waals surface area contributed by atoms with Crippen molar-refractivity contribution in [3.8, 4) is 0 Å². The van der Waals surface area contributed by atoms with Crippen LogP contribution in [-0.2, 0) is 0 Å². The zero-order valence-corrected chi connectivity index (χ0v) is 11.9. The van der Waals surface area contributed by atoms with Crippen LogP contribution in [0.5, 0.6) is 0 Å². The number of nitrogens with one attached hydrogen (secondary N) is 2. The summed E-state index contributed by atoms with van der Waals surface area (Å²) in [6.45, 7) is 0. The van der Waals surface area contributed by atoms with Gasteiger partial charge in [0.05, 0.1) is 5.39 Å². The summed E-state index contributed by atoms with van der Waals surface area (Å²) in [6.07, 6.45) is 0. The molecule has 6 nitrogen and oxygen atoms in total. The Morgan fingerprint density at radius 2 is 1.91 bits per heavy atom. The average Bonchev–Trinajstić information content (AvgIpc) is 2.47. The van der Waals surface area contributed by atoms with Gasteiger partial charge in [-0.25, -0.2) is 4.79 Å². The van der Waals surface area contributed by atoms with Crippen LogP contribution in [0, 0.1) is 0 Å². The second-order valence-corrected chi connectivity index (χ2v) is 4.85. The van der Waals surface area contributed by atoms with Gasteiger partial charge in [0.25, 0.3) is 5.56 Å². The molecule has 0 saturated heterocycles.